The maximum absolute atomic E-state index is 11.2. The van der Waals surface area contributed by atoms with Crippen LogP contribution in [0.1, 0.15) is 24.0 Å². The fourth-order valence-corrected chi connectivity index (χ4v) is 4.10. The summed E-state index contributed by atoms with van der Waals surface area (Å²) in [5.74, 6) is 0.206. The number of hydrogen-bond donors (Lipinski definition) is 1. The number of carbonyl (C=O) groups is 1. The zero-order valence-corrected chi connectivity index (χ0v) is 16.8. The van der Waals surface area contributed by atoms with Crippen LogP contribution < -0.4 is 10.6 Å². The topological polar surface area (TPSA) is 99.2 Å². The first-order chi connectivity index (χ1) is 13.3. The molecule has 1 aliphatic heterocycles. The molecule has 4 rings (SSSR count). The molecule has 2 N–H and O–H groups in total. The Morgan fingerprint density at radius 2 is 2.18 bits per heavy atom. The number of nitrogens with zero attached hydrogens (tertiary/aromatic N) is 5. The van der Waals surface area contributed by atoms with Crippen LogP contribution >= 0.6 is 23.2 Å². The van der Waals surface area contributed by atoms with Gasteiger partial charge < -0.3 is 19.9 Å². The van der Waals surface area contributed by atoms with E-state index in [1.54, 1.807) is 6.20 Å². The SMILES string of the molecule is CC(=O)OCC1CN(Cc2cnc3c(ccn3C)c2Cl)c2nc(N)nc(Cl)c21. The number of aryl methyl sites for hydroxylation is 1. The maximum Gasteiger partial charge on any atom is 0.302 e. The zero-order chi connectivity index (χ0) is 20.0. The van der Waals surface area contributed by atoms with Crippen molar-refractivity contribution in [3.8, 4) is 0 Å². The summed E-state index contributed by atoms with van der Waals surface area (Å²) in [4.78, 5) is 26.2. The molecule has 10 heteroatoms. The summed E-state index contributed by atoms with van der Waals surface area (Å²) >= 11 is 13.0. The van der Waals surface area contributed by atoms with Crippen LogP contribution in [0.4, 0.5) is 11.8 Å². The van der Waals surface area contributed by atoms with Gasteiger partial charge in [-0.2, -0.15) is 4.98 Å². The molecule has 0 fully saturated rings. The Hall–Kier alpha value is -2.58. The van der Waals surface area contributed by atoms with Crippen molar-refractivity contribution in [2.75, 3.05) is 23.8 Å². The lowest BCUT2D eigenvalue weighted by atomic mass is 10.1. The Kier molecular flexibility index (Phi) is 4.76. The van der Waals surface area contributed by atoms with Gasteiger partial charge in [-0.3, -0.25) is 4.79 Å². The molecular formula is C18H18Cl2N6O2. The molecule has 0 spiro atoms. The Bertz CT molecular complexity index is 1080. The van der Waals surface area contributed by atoms with Crippen molar-refractivity contribution in [2.24, 2.45) is 7.05 Å². The van der Waals surface area contributed by atoms with Gasteiger partial charge in [0.25, 0.3) is 0 Å². The number of anilines is 2. The number of esters is 1. The summed E-state index contributed by atoms with van der Waals surface area (Å²) in [6.45, 7) is 2.57. The van der Waals surface area contributed by atoms with Gasteiger partial charge in [0.2, 0.25) is 5.95 Å². The molecule has 3 aromatic heterocycles. The van der Waals surface area contributed by atoms with Gasteiger partial charge in [0.05, 0.1) is 5.02 Å². The smallest absolute Gasteiger partial charge is 0.302 e. The zero-order valence-electron chi connectivity index (χ0n) is 15.3. The van der Waals surface area contributed by atoms with Crippen molar-refractivity contribution >= 4 is 52.0 Å². The number of halogens is 2. The van der Waals surface area contributed by atoms with E-state index in [2.05, 4.69) is 15.0 Å². The highest BCUT2D eigenvalue weighted by Gasteiger charge is 2.34. The van der Waals surface area contributed by atoms with E-state index in [-0.39, 0.29) is 29.6 Å². The second-order valence-corrected chi connectivity index (χ2v) is 7.49. The summed E-state index contributed by atoms with van der Waals surface area (Å²) in [6, 6.07) is 1.94. The Morgan fingerprint density at radius 1 is 1.39 bits per heavy atom. The molecule has 0 amide bonds. The van der Waals surface area contributed by atoms with Crippen molar-refractivity contribution in [2.45, 2.75) is 19.4 Å². The van der Waals surface area contributed by atoms with E-state index in [1.165, 1.54) is 6.92 Å². The van der Waals surface area contributed by atoms with Gasteiger partial charge in [-0.1, -0.05) is 23.2 Å². The van der Waals surface area contributed by atoms with Crippen LogP contribution in [0.2, 0.25) is 10.2 Å². The Balaban J connectivity index is 1.69. The molecule has 4 heterocycles. The summed E-state index contributed by atoms with van der Waals surface area (Å²) in [7, 11) is 1.92. The average Bonchev–Trinajstić information content (AvgIpc) is 3.17. The van der Waals surface area contributed by atoms with Crippen molar-refractivity contribution in [1.29, 1.82) is 0 Å². The quantitative estimate of drug-likeness (QED) is 0.511. The molecule has 0 aromatic carbocycles. The van der Waals surface area contributed by atoms with E-state index in [9.17, 15) is 4.79 Å². The lowest BCUT2D eigenvalue weighted by molar-refractivity contribution is -0.141. The van der Waals surface area contributed by atoms with E-state index in [0.717, 1.165) is 22.2 Å². The summed E-state index contributed by atoms with van der Waals surface area (Å²) in [6.07, 6.45) is 3.68. The van der Waals surface area contributed by atoms with Gasteiger partial charge in [0.1, 0.15) is 23.2 Å². The first-order valence-corrected chi connectivity index (χ1v) is 9.40. The third-order valence-electron chi connectivity index (χ3n) is 4.79. The summed E-state index contributed by atoms with van der Waals surface area (Å²) in [5, 5.41) is 1.80. The third kappa shape index (κ3) is 3.22. The van der Waals surface area contributed by atoms with Crippen LogP contribution in [0.3, 0.4) is 0 Å². The molecular weight excluding hydrogens is 403 g/mol. The lowest BCUT2D eigenvalue weighted by Gasteiger charge is -2.20. The van der Waals surface area contributed by atoms with E-state index in [0.29, 0.717) is 23.9 Å². The number of aromatic nitrogens is 4. The monoisotopic (exact) mass is 420 g/mol. The predicted octanol–water partition coefficient (Wildman–Crippen LogP) is 2.92. The molecule has 3 aromatic rings. The van der Waals surface area contributed by atoms with Crippen LogP contribution in [0, 0.1) is 0 Å². The van der Waals surface area contributed by atoms with Crippen molar-refractivity contribution in [3.05, 3.63) is 39.8 Å². The fraction of sp³-hybridized carbons (Fsp3) is 0.333. The number of ether oxygens (including phenoxy) is 1. The third-order valence-corrected chi connectivity index (χ3v) is 5.53. The van der Waals surface area contributed by atoms with Crippen LogP contribution in [-0.4, -0.2) is 38.6 Å². The Labute approximate surface area is 171 Å². The second kappa shape index (κ2) is 7.10. The molecule has 1 aliphatic rings. The highest BCUT2D eigenvalue weighted by molar-refractivity contribution is 6.36. The molecule has 0 radical (unpaired) electrons. The fourth-order valence-electron chi connectivity index (χ4n) is 3.51. The molecule has 8 nitrogen and oxygen atoms in total. The first kappa shape index (κ1) is 18.8. The second-order valence-electron chi connectivity index (χ2n) is 6.75. The van der Waals surface area contributed by atoms with Gasteiger partial charge in [-0.15, -0.1) is 0 Å². The normalized spacial score (nSPS) is 15.9. The summed E-state index contributed by atoms with van der Waals surface area (Å²) in [5.41, 5.74) is 8.20. The largest absolute Gasteiger partial charge is 0.465 e. The van der Waals surface area contributed by atoms with Gasteiger partial charge in [-0.25, -0.2) is 9.97 Å². The number of nitrogens with two attached hydrogens (primary N) is 1. The van der Waals surface area contributed by atoms with E-state index >= 15 is 0 Å². The number of carbonyl (C=O) groups excluding carboxylic acids is 1. The van der Waals surface area contributed by atoms with Crippen molar-refractivity contribution in [3.63, 3.8) is 0 Å². The Morgan fingerprint density at radius 3 is 2.93 bits per heavy atom. The first-order valence-electron chi connectivity index (χ1n) is 8.64. The minimum absolute atomic E-state index is 0.0876. The van der Waals surface area contributed by atoms with Crippen LogP contribution in [0.15, 0.2) is 18.5 Å². The highest BCUT2D eigenvalue weighted by Crippen LogP contribution is 2.40. The minimum atomic E-state index is -0.353. The molecule has 0 saturated heterocycles. The number of pyridine rings is 1. The van der Waals surface area contributed by atoms with Crippen molar-refractivity contribution in [1.82, 2.24) is 19.5 Å². The maximum atomic E-state index is 11.2. The number of rotatable bonds is 4. The molecule has 146 valence electrons. The molecule has 0 aliphatic carbocycles. The molecule has 0 bridgehead atoms. The minimum Gasteiger partial charge on any atom is -0.465 e. The van der Waals surface area contributed by atoms with E-state index in [1.807, 2.05) is 28.8 Å². The van der Waals surface area contributed by atoms with Gasteiger partial charge in [0, 0.05) is 61.9 Å². The molecule has 0 saturated carbocycles. The lowest BCUT2D eigenvalue weighted by Crippen LogP contribution is -2.24. The number of hydrogen-bond acceptors (Lipinski definition) is 7. The average molecular weight is 421 g/mol. The molecule has 28 heavy (non-hydrogen) atoms. The molecule has 1 unspecified atom stereocenters. The van der Waals surface area contributed by atoms with Crippen LogP contribution in [-0.2, 0) is 23.1 Å². The number of fused-ring (bicyclic) bond motifs is 2. The van der Waals surface area contributed by atoms with Crippen LogP contribution in [0.5, 0.6) is 0 Å². The van der Waals surface area contributed by atoms with E-state index < -0.39 is 0 Å². The van der Waals surface area contributed by atoms with Gasteiger partial charge >= 0.3 is 5.97 Å². The van der Waals surface area contributed by atoms with Gasteiger partial charge in [-0.05, 0) is 6.07 Å². The van der Waals surface area contributed by atoms with Crippen LogP contribution in [0.25, 0.3) is 11.0 Å². The standard InChI is InChI=1S/C18H18Cl2N6O2/c1-9(27)28-8-11-7-26(17-13(11)15(20)23-18(21)24-17)6-10-5-22-16-12(14(10)19)3-4-25(16)2/h3-5,11H,6-8H2,1-2H3,(H2,21,23,24). The van der Waals surface area contributed by atoms with Gasteiger partial charge in [0.15, 0.2) is 0 Å². The highest BCUT2D eigenvalue weighted by atomic mass is 35.5. The molecule has 1 atom stereocenters. The van der Waals surface area contributed by atoms with Crippen molar-refractivity contribution < 1.29 is 9.53 Å². The number of nitrogen functional groups attached to an aromatic ring is 1. The predicted molar refractivity (Wildman–Crippen MR) is 108 cm³/mol. The summed E-state index contributed by atoms with van der Waals surface area (Å²) < 4.78 is 7.11. The van der Waals surface area contributed by atoms with E-state index in [4.69, 9.17) is 33.7 Å².